The summed E-state index contributed by atoms with van der Waals surface area (Å²) in [7, 11) is 0. The number of nitrogens with one attached hydrogen (secondary N) is 1. The van der Waals surface area contributed by atoms with Crippen molar-refractivity contribution in [2.45, 2.75) is 26.4 Å². The summed E-state index contributed by atoms with van der Waals surface area (Å²) in [6.45, 7) is 4.55. The van der Waals surface area contributed by atoms with Crippen LogP contribution >= 0.6 is 24.0 Å². The van der Waals surface area contributed by atoms with Crippen molar-refractivity contribution >= 4 is 40.3 Å². The van der Waals surface area contributed by atoms with E-state index in [1.165, 1.54) is 11.8 Å². The van der Waals surface area contributed by atoms with Crippen LogP contribution in [-0.2, 0) is 11.2 Å². The second kappa shape index (κ2) is 5.69. The van der Waals surface area contributed by atoms with Crippen LogP contribution in [-0.4, -0.2) is 22.9 Å². The van der Waals surface area contributed by atoms with Gasteiger partial charge in [-0.3, -0.25) is 4.79 Å². The van der Waals surface area contributed by atoms with Gasteiger partial charge in [0.1, 0.15) is 21.9 Å². The third-order valence-corrected chi connectivity index (χ3v) is 4.42. The molecule has 1 aromatic carbocycles. The second-order valence-corrected chi connectivity index (χ2v) is 6.63. The molecule has 0 aliphatic carbocycles. The molecule has 21 heavy (non-hydrogen) atoms. The zero-order chi connectivity index (χ0) is 15.0. The van der Waals surface area contributed by atoms with Crippen LogP contribution in [0.2, 0.25) is 0 Å². The number of benzene rings is 1. The lowest BCUT2D eigenvalue weighted by Gasteiger charge is -2.10. The Hall–Kier alpha value is -1.53. The van der Waals surface area contributed by atoms with Crippen LogP contribution < -0.4 is 14.8 Å². The van der Waals surface area contributed by atoms with Crippen molar-refractivity contribution in [3.63, 3.8) is 0 Å². The summed E-state index contributed by atoms with van der Waals surface area (Å²) in [6, 6.07) is 3.94. The fraction of sp³-hybridized carbons (Fsp3) is 0.333. The fourth-order valence-corrected chi connectivity index (χ4v) is 3.45. The number of thioether (sulfide) groups is 1. The topological polar surface area (TPSA) is 47.6 Å². The number of hydrogen-bond acceptors (Lipinski definition) is 5. The second-order valence-electron chi connectivity index (χ2n) is 4.92. The van der Waals surface area contributed by atoms with Crippen LogP contribution in [0.15, 0.2) is 17.0 Å². The molecule has 110 valence electrons. The molecule has 0 spiro atoms. The van der Waals surface area contributed by atoms with Crippen molar-refractivity contribution in [3.8, 4) is 11.5 Å². The molecule has 1 atom stereocenters. The number of rotatable bonds is 3. The van der Waals surface area contributed by atoms with Gasteiger partial charge in [0, 0.05) is 17.5 Å². The van der Waals surface area contributed by atoms with Crippen LogP contribution in [0.25, 0.3) is 6.08 Å². The van der Waals surface area contributed by atoms with Crippen molar-refractivity contribution in [1.82, 2.24) is 5.32 Å². The van der Waals surface area contributed by atoms with E-state index in [0.29, 0.717) is 15.8 Å². The first kappa shape index (κ1) is 14.4. The maximum atomic E-state index is 11.8. The van der Waals surface area contributed by atoms with Gasteiger partial charge in [0.25, 0.3) is 5.91 Å². The average Bonchev–Trinajstić information content (AvgIpc) is 2.91. The summed E-state index contributed by atoms with van der Waals surface area (Å²) in [5.74, 6) is 1.47. The van der Waals surface area contributed by atoms with E-state index in [4.69, 9.17) is 21.7 Å². The van der Waals surface area contributed by atoms with Gasteiger partial charge >= 0.3 is 0 Å². The predicted octanol–water partition coefficient (Wildman–Crippen LogP) is 2.90. The van der Waals surface area contributed by atoms with Crippen molar-refractivity contribution < 1.29 is 14.3 Å². The Morgan fingerprint density at radius 1 is 1.57 bits per heavy atom. The number of fused-ring (bicyclic) bond motifs is 1. The van der Waals surface area contributed by atoms with E-state index in [1.807, 2.05) is 26.0 Å². The number of thiocarbonyl (C=S) groups is 1. The first-order chi connectivity index (χ1) is 10.1. The zero-order valence-corrected chi connectivity index (χ0v) is 13.4. The highest BCUT2D eigenvalue weighted by molar-refractivity contribution is 8.26. The molecular weight excluding hydrogens is 306 g/mol. The van der Waals surface area contributed by atoms with E-state index in [9.17, 15) is 4.79 Å². The molecule has 0 radical (unpaired) electrons. The minimum atomic E-state index is -0.165. The monoisotopic (exact) mass is 321 g/mol. The Morgan fingerprint density at radius 2 is 2.38 bits per heavy atom. The molecule has 1 unspecified atom stereocenters. The van der Waals surface area contributed by atoms with E-state index < -0.39 is 0 Å². The van der Waals surface area contributed by atoms with E-state index in [1.54, 1.807) is 6.08 Å². The Kier molecular flexibility index (Phi) is 3.91. The molecule has 4 nitrogen and oxygen atoms in total. The first-order valence-corrected chi connectivity index (χ1v) is 8.00. The van der Waals surface area contributed by atoms with Crippen LogP contribution in [0.1, 0.15) is 25.0 Å². The Balaban J connectivity index is 2.01. The maximum absolute atomic E-state index is 11.8. The molecule has 1 amide bonds. The van der Waals surface area contributed by atoms with Crippen LogP contribution in [0.5, 0.6) is 11.5 Å². The highest BCUT2D eigenvalue weighted by atomic mass is 32.2. The van der Waals surface area contributed by atoms with Gasteiger partial charge in [-0.15, -0.1) is 0 Å². The van der Waals surface area contributed by atoms with Gasteiger partial charge in [-0.05, 0) is 32.1 Å². The van der Waals surface area contributed by atoms with Gasteiger partial charge in [0.05, 0.1) is 11.5 Å². The maximum Gasteiger partial charge on any atom is 0.263 e. The minimum absolute atomic E-state index is 0.165. The molecule has 1 N–H and O–H groups in total. The number of amides is 1. The lowest BCUT2D eigenvalue weighted by molar-refractivity contribution is -0.115. The third kappa shape index (κ3) is 2.91. The molecule has 2 heterocycles. The molecule has 2 aliphatic rings. The van der Waals surface area contributed by atoms with E-state index in [2.05, 4.69) is 5.32 Å². The smallest absolute Gasteiger partial charge is 0.263 e. The molecule has 0 aromatic heterocycles. The number of ether oxygens (including phenoxy) is 2. The summed E-state index contributed by atoms with van der Waals surface area (Å²) < 4.78 is 12.0. The van der Waals surface area contributed by atoms with Gasteiger partial charge in [0.2, 0.25) is 0 Å². The zero-order valence-electron chi connectivity index (χ0n) is 11.8. The van der Waals surface area contributed by atoms with Crippen LogP contribution in [0, 0.1) is 0 Å². The largest absolute Gasteiger partial charge is 0.493 e. The van der Waals surface area contributed by atoms with Crippen LogP contribution in [0.3, 0.4) is 0 Å². The minimum Gasteiger partial charge on any atom is -0.493 e. The third-order valence-electron chi connectivity index (χ3n) is 3.26. The number of carbonyl (C=O) groups is 1. The quantitative estimate of drug-likeness (QED) is 0.685. The predicted molar refractivity (Wildman–Crippen MR) is 87.7 cm³/mol. The van der Waals surface area contributed by atoms with Gasteiger partial charge < -0.3 is 14.8 Å². The number of carbonyl (C=O) groups excluding carboxylic acids is 1. The highest BCUT2D eigenvalue weighted by Crippen LogP contribution is 2.37. The molecule has 0 bridgehead atoms. The van der Waals surface area contributed by atoms with Crippen LogP contribution in [0.4, 0.5) is 0 Å². The standard InChI is InChI=1S/C15H15NO3S2/c1-3-18-11-5-9-4-8(2)19-12(9)6-10(11)7-13-14(17)16-15(20)21-13/h5-8H,3-4H2,1-2H3,(H,16,17,20). The normalized spacial score (nSPS) is 22.2. The van der Waals surface area contributed by atoms with Gasteiger partial charge in [-0.1, -0.05) is 24.0 Å². The summed E-state index contributed by atoms with van der Waals surface area (Å²) in [5, 5.41) is 2.61. The van der Waals surface area contributed by atoms with Gasteiger partial charge in [0.15, 0.2) is 0 Å². The highest BCUT2D eigenvalue weighted by Gasteiger charge is 2.25. The average molecular weight is 321 g/mol. The summed E-state index contributed by atoms with van der Waals surface area (Å²) in [4.78, 5) is 12.4. The van der Waals surface area contributed by atoms with E-state index in [-0.39, 0.29) is 12.0 Å². The number of hydrogen-bond donors (Lipinski definition) is 1. The lowest BCUT2D eigenvalue weighted by atomic mass is 10.1. The van der Waals surface area contributed by atoms with Gasteiger partial charge in [-0.25, -0.2) is 0 Å². The Labute approximate surface area is 132 Å². The molecule has 3 rings (SSSR count). The molecule has 2 aliphatic heterocycles. The van der Waals surface area contributed by atoms with E-state index in [0.717, 1.165) is 29.0 Å². The lowest BCUT2D eigenvalue weighted by Crippen LogP contribution is -2.17. The van der Waals surface area contributed by atoms with Crippen molar-refractivity contribution in [2.24, 2.45) is 0 Å². The van der Waals surface area contributed by atoms with Crippen molar-refractivity contribution in [1.29, 1.82) is 0 Å². The van der Waals surface area contributed by atoms with E-state index >= 15 is 0 Å². The molecule has 0 saturated carbocycles. The Morgan fingerprint density at radius 3 is 3.05 bits per heavy atom. The van der Waals surface area contributed by atoms with Crippen molar-refractivity contribution in [3.05, 3.63) is 28.2 Å². The van der Waals surface area contributed by atoms with Crippen molar-refractivity contribution in [2.75, 3.05) is 6.61 Å². The Bertz CT molecular complexity index is 655. The molecular formula is C15H15NO3S2. The molecule has 1 saturated heterocycles. The van der Waals surface area contributed by atoms with Gasteiger partial charge in [-0.2, -0.15) is 0 Å². The fourth-order valence-electron chi connectivity index (χ4n) is 2.41. The summed E-state index contributed by atoms with van der Waals surface area (Å²) >= 11 is 6.27. The SMILES string of the molecule is CCOc1cc2c(cc1C=C1SC(=S)NC1=O)OC(C)C2. The first-order valence-electron chi connectivity index (χ1n) is 6.78. The molecule has 6 heteroatoms. The molecule has 1 fully saturated rings. The molecule has 1 aromatic rings. The summed E-state index contributed by atoms with van der Waals surface area (Å²) in [6.07, 6.45) is 2.86. The summed E-state index contributed by atoms with van der Waals surface area (Å²) in [5.41, 5.74) is 1.99.